The predicted molar refractivity (Wildman–Crippen MR) is 114 cm³/mol. The number of nitrogens with zero attached hydrogens (tertiary/aromatic N) is 4. The first kappa shape index (κ1) is 21.0. The standard InChI is InChI=1S/C22H26N4O5/c1-21(2)10-15-11-22(21,3)12-25(15)17-7-6-14(26(30)31)8-13(17)9-16-18(27)23(4)20(29)24(5)19(16)28/h6-9,15H,10-12H2,1-5H3/t15-,22-/m1/s1. The monoisotopic (exact) mass is 426 g/mol. The second-order valence-corrected chi connectivity index (χ2v) is 9.70. The molecule has 31 heavy (non-hydrogen) atoms. The number of amides is 4. The second-order valence-electron chi connectivity index (χ2n) is 9.70. The van der Waals surface area contributed by atoms with E-state index in [1.54, 1.807) is 6.07 Å². The Bertz CT molecular complexity index is 1030. The molecule has 2 saturated heterocycles. The minimum atomic E-state index is -0.721. The van der Waals surface area contributed by atoms with Gasteiger partial charge in [-0.1, -0.05) is 20.8 Å². The molecule has 1 aliphatic carbocycles. The number of nitro groups is 1. The minimum absolute atomic E-state index is 0.104. The Morgan fingerprint density at radius 1 is 1.06 bits per heavy atom. The average Bonchev–Trinajstić information content (AvgIpc) is 3.16. The van der Waals surface area contributed by atoms with E-state index in [0.29, 0.717) is 5.56 Å². The van der Waals surface area contributed by atoms with Crippen molar-refractivity contribution in [2.24, 2.45) is 10.8 Å². The number of hydrogen-bond acceptors (Lipinski definition) is 6. The van der Waals surface area contributed by atoms with Crippen molar-refractivity contribution in [3.8, 4) is 0 Å². The van der Waals surface area contributed by atoms with Gasteiger partial charge in [0.05, 0.1) is 4.92 Å². The first-order chi connectivity index (χ1) is 14.4. The van der Waals surface area contributed by atoms with Crippen LogP contribution in [-0.4, -0.2) is 59.3 Å². The predicted octanol–water partition coefficient (Wildman–Crippen LogP) is 3.04. The number of imide groups is 2. The molecular formula is C22H26N4O5. The molecule has 3 fully saturated rings. The van der Waals surface area contributed by atoms with Gasteiger partial charge in [-0.05, 0) is 35.8 Å². The summed E-state index contributed by atoms with van der Waals surface area (Å²) < 4.78 is 0. The van der Waals surface area contributed by atoms with Gasteiger partial charge in [0.15, 0.2) is 0 Å². The van der Waals surface area contributed by atoms with Crippen LogP contribution in [0.2, 0.25) is 0 Å². The van der Waals surface area contributed by atoms with Crippen molar-refractivity contribution in [2.75, 3.05) is 25.5 Å². The van der Waals surface area contributed by atoms with Gasteiger partial charge in [-0.2, -0.15) is 0 Å². The van der Waals surface area contributed by atoms with E-state index in [-0.39, 0.29) is 28.1 Å². The Labute approximate surface area is 180 Å². The highest BCUT2D eigenvalue weighted by Crippen LogP contribution is 2.59. The van der Waals surface area contributed by atoms with Crippen LogP contribution in [0, 0.1) is 20.9 Å². The number of anilines is 1. The molecule has 2 bridgehead atoms. The number of benzene rings is 1. The molecule has 0 N–H and O–H groups in total. The number of fused-ring (bicyclic) bond motifs is 2. The van der Waals surface area contributed by atoms with Gasteiger partial charge in [0.2, 0.25) is 0 Å². The summed E-state index contributed by atoms with van der Waals surface area (Å²) in [5, 5.41) is 11.4. The highest BCUT2D eigenvalue weighted by atomic mass is 16.6. The zero-order valence-electron chi connectivity index (χ0n) is 18.3. The molecule has 2 heterocycles. The second kappa shape index (κ2) is 6.63. The lowest BCUT2D eigenvalue weighted by Crippen LogP contribution is -2.53. The van der Waals surface area contributed by atoms with Crippen LogP contribution < -0.4 is 4.90 Å². The van der Waals surface area contributed by atoms with E-state index in [9.17, 15) is 24.5 Å². The van der Waals surface area contributed by atoms with E-state index in [0.717, 1.165) is 34.9 Å². The quantitative estimate of drug-likeness (QED) is 0.318. The molecule has 1 aromatic carbocycles. The molecule has 3 aliphatic rings. The molecule has 2 atom stereocenters. The van der Waals surface area contributed by atoms with Crippen molar-refractivity contribution >= 4 is 35.3 Å². The third kappa shape index (κ3) is 3.02. The Kier molecular flexibility index (Phi) is 4.50. The third-order valence-electron chi connectivity index (χ3n) is 7.50. The summed E-state index contributed by atoms with van der Waals surface area (Å²) >= 11 is 0. The lowest BCUT2D eigenvalue weighted by Gasteiger charge is -2.44. The van der Waals surface area contributed by atoms with Crippen LogP contribution in [0.3, 0.4) is 0 Å². The van der Waals surface area contributed by atoms with Crippen molar-refractivity contribution in [3.63, 3.8) is 0 Å². The average molecular weight is 426 g/mol. The highest BCUT2D eigenvalue weighted by molar-refractivity contribution is 6.30. The number of piperidine rings is 1. The van der Waals surface area contributed by atoms with Gasteiger partial charge in [-0.25, -0.2) is 4.79 Å². The van der Waals surface area contributed by atoms with Crippen molar-refractivity contribution < 1.29 is 19.3 Å². The number of likely N-dealkylation sites (N-methyl/N-ethyl adjacent to an activating group) is 2. The van der Waals surface area contributed by atoms with Crippen molar-refractivity contribution in [2.45, 2.75) is 39.7 Å². The van der Waals surface area contributed by atoms with Gasteiger partial charge in [-0.15, -0.1) is 0 Å². The first-order valence-electron chi connectivity index (χ1n) is 10.2. The summed E-state index contributed by atoms with van der Waals surface area (Å²) in [6.07, 6.45) is 3.39. The van der Waals surface area contributed by atoms with Crippen LogP contribution in [0.1, 0.15) is 39.2 Å². The molecule has 164 valence electrons. The molecule has 9 heteroatoms. The summed E-state index contributed by atoms with van der Waals surface area (Å²) in [5.74, 6) is -1.44. The largest absolute Gasteiger partial charge is 0.367 e. The van der Waals surface area contributed by atoms with E-state index in [1.807, 2.05) is 0 Å². The molecule has 9 nitrogen and oxygen atoms in total. The number of non-ortho nitro benzene ring substituents is 1. The smallest absolute Gasteiger partial charge is 0.333 e. The maximum Gasteiger partial charge on any atom is 0.333 e. The fourth-order valence-electron chi connectivity index (χ4n) is 5.15. The Hall–Kier alpha value is -3.23. The van der Waals surface area contributed by atoms with Gasteiger partial charge in [-0.3, -0.25) is 29.5 Å². The van der Waals surface area contributed by atoms with Gasteiger partial charge in [0.1, 0.15) is 5.57 Å². The lowest BCUT2D eigenvalue weighted by molar-refractivity contribution is -0.384. The van der Waals surface area contributed by atoms with Gasteiger partial charge in [0.25, 0.3) is 17.5 Å². The van der Waals surface area contributed by atoms with E-state index >= 15 is 0 Å². The summed E-state index contributed by atoms with van der Waals surface area (Å²) in [5.41, 5.74) is 1.16. The van der Waals surface area contributed by atoms with Gasteiger partial charge < -0.3 is 4.90 Å². The normalized spacial score (nSPS) is 27.4. The Morgan fingerprint density at radius 3 is 2.16 bits per heavy atom. The molecule has 0 aromatic heterocycles. The molecule has 4 rings (SSSR count). The Balaban J connectivity index is 1.81. The number of carbonyl (C=O) groups excluding carboxylic acids is 3. The number of nitro benzene ring substituents is 1. The van der Waals surface area contributed by atoms with Crippen LogP contribution in [0.25, 0.3) is 6.08 Å². The van der Waals surface area contributed by atoms with Crippen molar-refractivity contribution in [3.05, 3.63) is 39.4 Å². The van der Waals surface area contributed by atoms with E-state index in [4.69, 9.17) is 0 Å². The van der Waals surface area contributed by atoms with Crippen LogP contribution in [0.15, 0.2) is 23.8 Å². The fourth-order valence-corrected chi connectivity index (χ4v) is 5.15. The number of barbiturate groups is 1. The lowest BCUT2D eigenvalue weighted by atomic mass is 9.69. The summed E-state index contributed by atoms with van der Waals surface area (Å²) in [6, 6.07) is 4.10. The van der Waals surface area contributed by atoms with Crippen molar-refractivity contribution in [1.82, 2.24) is 9.80 Å². The Morgan fingerprint density at radius 2 is 1.68 bits per heavy atom. The maximum absolute atomic E-state index is 12.7. The molecule has 0 unspecified atom stereocenters. The molecule has 0 radical (unpaired) electrons. The van der Waals surface area contributed by atoms with E-state index in [2.05, 4.69) is 25.7 Å². The number of hydrogen-bond donors (Lipinski definition) is 0. The zero-order chi connectivity index (χ0) is 22.9. The molecule has 2 aliphatic heterocycles. The minimum Gasteiger partial charge on any atom is -0.367 e. The summed E-state index contributed by atoms with van der Waals surface area (Å²) in [4.78, 5) is 52.2. The SMILES string of the molecule is CN1C(=O)C(=Cc2cc([N+](=O)[O-])ccc2N2C[C@@]3(C)C[C@H]2CC3(C)C)C(=O)N(C)C1=O. The fraction of sp³-hybridized carbons (Fsp3) is 0.500. The highest BCUT2D eigenvalue weighted by Gasteiger charge is 2.57. The third-order valence-corrected chi connectivity index (χ3v) is 7.50. The summed E-state index contributed by atoms with van der Waals surface area (Å²) in [7, 11) is 2.61. The van der Waals surface area contributed by atoms with Crippen LogP contribution in [0.4, 0.5) is 16.2 Å². The first-order valence-corrected chi connectivity index (χ1v) is 10.2. The summed E-state index contributed by atoms with van der Waals surface area (Å²) in [6.45, 7) is 7.59. The molecule has 1 aromatic rings. The molecular weight excluding hydrogens is 400 g/mol. The van der Waals surface area contributed by atoms with Gasteiger partial charge in [0, 0.05) is 50.1 Å². The van der Waals surface area contributed by atoms with Crippen LogP contribution in [-0.2, 0) is 9.59 Å². The maximum atomic E-state index is 12.7. The van der Waals surface area contributed by atoms with E-state index < -0.39 is 22.8 Å². The number of rotatable bonds is 3. The van der Waals surface area contributed by atoms with Crippen LogP contribution >= 0.6 is 0 Å². The van der Waals surface area contributed by atoms with E-state index in [1.165, 1.54) is 32.3 Å². The molecule has 0 spiro atoms. The van der Waals surface area contributed by atoms with Gasteiger partial charge >= 0.3 is 6.03 Å². The number of urea groups is 1. The molecule has 1 saturated carbocycles. The zero-order valence-corrected chi connectivity index (χ0v) is 18.3. The molecule has 4 amide bonds. The van der Waals surface area contributed by atoms with Crippen molar-refractivity contribution in [1.29, 1.82) is 0 Å². The number of carbonyl (C=O) groups is 3. The topological polar surface area (TPSA) is 104 Å². The van der Waals surface area contributed by atoms with Crippen LogP contribution in [0.5, 0.6) is 0 Å².